The molecule has 1 aromatic carbocycles. The Morgan fingerprint density at radius 3 is 2.95 bits per heavy atom. The summed E-state index contributed by atoms with van der Waals surface area (Å²) in [5.41, 5.74) is 2.48. The Kier molecular flexibility index (Phi) is 4.25. The van der Waals surface area contributed by atoms with E-state index in [-0.39, 0.29) is 12.5 Å². The van der Waals surface area contributed by atoms with Crippen molar-refractivity contribution < 1.29 is 13.9 Å². The number of anilines is 1. The van der Waals surface area contributed by atoms with Gasteiger partial charge in [-0.15, -0.1) is 10.2 Å². The molecule has 2 rings (SSSR count). The Morgan fingerprint density at radius 2 is 2.32 bits per heavy atom. The Hall–Kier alpha value is -2.21. The van der Waals surface area contributed by atoms with Gasteiger partial charge in [0.15, 0.2) is 0 Å². The molecule has 2 aromatic rings. The molecule has 0 radical (unpaired) electrons. The van der Waals surface area contributed by atoms with Crippen LogP contribution in [0.3, 0.4) is 0 Å². The lowest BCUT2D eigenvalue weighted by molar-refractivity contribution is -0.120. The summed E-state index contributed by atoms with van der Waals surface area (Å²) in [5, 5.41) is 10.3. The predicted octanol–water partition coefficient (Wildman–Crippen LogP) is 2.02. The van der Waals surface area contributed by atoms with E-state index in [1.807, 2.05) is 26.0 Å². The number of amides is 1. The zero-order valence-electron chi connectivity index (χ0n) is 10.8. The van der Waals surface area contributed by atoms with Gasteiger partial charge in [-0.3, -0.25) is 4.79 Å². The molecule has 0 aliphatic rings. The summed E-state index contributed by atoms with van der Waals surface area (Å²) in [6.07, 6.45) is 1.28. The van der Waals surface area contributed by atoms with E-state index in [2.05, 4.69) is 15.5 Å². The number of benzene rings is 1. The summed E-state index contributed by atoms with van der Waals surface area (Å²) in [5.74, 6) is 0.283. The molecule has 0 atom stereocenters. The van der Waals surface area contributed by atoms with Crippen LogP contribution in [-0.2, 0) is 9.53 Å². The van der Waals surface area contributed by atoms with E-state index in [0.29, 0.717) is 12.5 Å². The van der Waals surface area contributed by atoms with Gasteiger partial charge in [-0.2, -0.15) is 0 Å². The number of carbonyl (C=O) groups excluding carboxylic acids is 1. The molecule has 0 saturated heterocycles. The maximum absolute atomic E-state index is 11.6. The topological polar surface area (TPSA) is 77.2 Å². The van der Waals surface area contributed by atoms with Gasteiger partial charge in [-0.1, -0.05) is 0 Å². The summed E-state index contributed by atoms with van der Waals surface area (Å²) in [4.78, 5) is 11.6. The number of nitrogens with one attached hydrogen (secondary N) is 1. The quantitative estimate of drug-likeness (QED) is 0.891. The number of aromatic nitrogens is 2. The molecule has 0 aliphatic carbocycles. The van der Waals surface area contributed by atoms with Gasteiger partial charge >= 0.3 is 0 Å². The predicted molar refractivity (Wildman–Crippen MR) is 69.6 cm³/mol. The zero-order chi connectivity index (χ0) is 13.7. The third kappa shape index (κ3) is 3.38. The van der Waals surface area contributed by atoms with Gasteiger partial charge in [0.05, 0.1) is 0 Å². The largest absolute Gasteiger partial charge is 0.423 e. The van der Waals surface area contributed by atoms with Crippen LogP contribution < -0.4 is 5.32 Å². The van der Waals surface area contributed by atoms with E-state index in [1.165, 1.54) is 6.39 Å². The van der Waals surface area contributed by atoms with E-state index in [9.17, 15) is 4.79 Å². The van der Waals surface area contributed by atoms with Crippen molar-refractivity contribution in [2.24, 2.45) is 0 Å². The third-order valence-corrected chi connectivity index (χ3v) is 2.54. The number of carbonyl (C=O) groups is 1. The van der Waals surface area contributed by atoms with Crippen molar-refractivity contribution in [1.82, 2.24) is 10.2 Å². The molecule has 0 saturated carbocycles. The minimum Gasteiger partial charge on any atom is -0.423 e. The van der Waals surface area contributed by atoms with Crippen molar-refractivity contribution in [3.63, 3.8) is 0 Å². The standard InChI is InChI=1S/C13H15N3O3/c1-3-18-7-12(17)15-11-5-4-10(6-9(11)2)13-16-14-8-19-13/h4-6,8H,3,7H2,1-2H3,(H,15,17). The fourth-order valence-electron chi connectivity index (χ4n) is 1.62. The molecule has 1 heterocycles. The van der Waals surface area contributed by atoms with Gasteiger partial charge < -0.3 is 14.5 Å². The highest BCUT2D eigenvalue weighted by molar-refractivity contribution is 5.92. The molecule has 19 heavy (non-hydrogen) atoms. The van der Waals surface area contributed by atoms with Crippen molar-refractivity contribution in [2.75, 3.05) is 18.5 Å². The number of nitrogens with zero attached hydrogens (tertiary/aromatic N) is 2. The molecule has 6 heteroatoms. The maximum atomic E-state index is 11.6. The van der Waals surface area contributed by atoms with E-state index in [4.69, 9.17) is 9.15 Å². The molecule has 6 nitrogen and oxygen atoms in total. The average molecular weight is 261 g/mol. The fraction of sp³-hybridized carbons (Fsp3) is 0.308. The average Bonchev–Trinajstić information content (AvgIpc) is 2.92. The van der Waals surface area contributed by atoms with Crippen molar-refractivity contribution in [3.8, 4) is 11.5 Å². The molecule has 0 bridgehead atoms. The zero-order valence-corrected chi connectivity index (χ0v) is 10.8. The SMILES string of the molecule is CCOCC(=O)Nc1ccc(-c2nnco2)cc1C. The molecule has 1 amide bonds. The second-order valence-corrected chi connectivity index (χ2v) is 3.96. The Labute approximate surface area is 110 Å². The normalized spacial score (nSPS) is 10.4. The monoisotopic (exact) mass is 261 g/mol. The van der Waals surface area contributed by atoms with Crippen molar-refractivity contribution in [1.29, 1.82) is 0 Å². The number of rotatable bonds is 5. The van der Waals surface area contributed by atoms with E-state index >= 15 is 0 Å². The van der Waals surface area contributed by atoms with Gasteiger partial charge in [-0.25, -0.2) is 0 Å². The fourth-order valence-corrected chi connectivity index (χ4v) is 1.62. The van der Waals surface area contributed by atoms with Crippen LogP contribution in [0.25, 0.3) is 11.5 Å². The highest BCUT2D eigenvalue weighted by Gasteiger charge is 2.08. The van der Waals surface area contributed by atoms with Crippen LogP contribution >= 0.6 is 0 Å². The van der Waals surface area contributed by atoms with Crippen molar-refractivity contribution in [3.05, 3.63) is 30.2 Å². The summed E-state index contributed by atoms with van der Waals surface area (Å²) >= 11 is 0. The molecular formula is C13H15N3O3. The summed E-state index contributed by atoms with van der Waals surface area (Å²) in [6, 6.07) is 5.50. The Morgan fingerprint density at radius 1 is 1.47 bits per heavy atom. The summed E-state index contributed by atoms with van der Waals surface area (Å²) < 4.78 is 10.2. The van der Waals surface area contributed by atoms with Gasteiger partial charge in [0, 0.05) is 17.9 Å². The molecule has 0 aliphatic heterocycles. The Bertz CT molecular complexity index is 552. The highest BCUT2D eigenvalue weighted by atomic mass is 16.5. The maximum Gasteiger partial charge on any atom is 0.250 e. The van der Waals surface area contributed by atoms with E-state index in [0.717, 1.165) is 16.8 Å². The number of ether oxygens (including phenoxy) is 1. The number of hydrogen-bond donors (Lipinski definition) is 1. The second-order valence-electron chi connectivity index (χ2n) is 3.96. The van der Waals surface area contributed by atoms with Crippen LogP contribution in [0.1, 0.15) is 12.5 Å². The molecular weight excluding hydrogens is 246 g/mol. The molecule has 100 valence electrons. The van der Waals surface area contributed by atoms with Crippen LogP contribution in [0.2, 0.25) is 0 Å². The second kappa shape index (κ2) is 6.10. The first-order valence-electron chi connectivity index (χ1n) is 5.95. The lowest BCUT2D eigenvalue weighted by Gasteiger charge is -2.09. The smallest absolute Gasteiger partial charge is 0.250 e. The highest BCUT2D eigenvalue weighted by Crippen LogP contribution is 2.23. The van der Waals surface area contributed by atoms with Crippen LogP contribution in [0.4, 0.5) is 5.69 Å². The Balaban J connectivity index is 2.09. The van der Waals surface area contributed by atoms with Gasteiger partial charge in [0.2, 0.25) is 18.2 Å². The van der Waals surface area contributed by atoms with Gasteiger partial charge in [-0.05, 0) is 37.6 Å². The lowest BCUT2D eigenvalue weighted by Crippen LogP contribution is -2.18. The lowest BCUT2D eigenvalue weighted by atomic mass is 10.1. The first kappa shape index (κ1) is 13.2. The summed E-state index contributed by atoms with van der Waals surface area (Å²) in [6.45, 7) is 4.32. The summed E-state index contributed by atoms with van der Waals surface area (Å²) in [7, 11) is 0. The first-order chi connectivity index (χ1) is 9.20. The van der Waals surface area contributed by atoms with Crippen LogP contribution in [-0.4, -0.2) is 29.3 Å². The van der Waals surface area contributed by atoms with Gasteiger partial charge in [0.1, 0.15) is 6.61 Å². The van der Waals surface area contributed by atoms with Crippen LogP contribution in [0.15, 0.2) is 29.0 Å². The molecule has 0 unspecified atom stereocenters. The number of aryl methyl sites for hydroxylation is 1. The minimum absolute atomic E-state index is 0.0569. The molecule has 0 fully saturated rings. The minimum atomic E-state index is -0.171. The molecule has 1 aromatic heterocycles. The molecule has 0 spiro atoms. The van der Waals surface area contributed by atoms with Gasteiger partial charge in [0.25, 0.3) is 0 Å². The van der Waals surface area contributed by atoms with Crippen LogP contribution in [0.5, 0.6) is 0 Å². The third-order valence-electron chi connectivity index (χ3n) is 2.54. The molecule has 1 N–H and O–H groups in total. The van der Waals surface area contributed by atoms with E-state index < -0.39 is 0 Å². The van der Waals surface area contributed by atoms with E-state index in [1.54, 1.807) is 6.07 Å². The van der Waals surface area contributed by atoms with Crippen LogP contribution in [0, 0.1) is 6.92 Å². The first-order valence-corrected chi connectivity index (χ1v) is 5.95. The van der Waals surface area contributed by atoms with Crippen molar-refractivity contribution >= 4 is 11.6 Å². The number of hydrogen-bond acceptors (Lipinski definition) is 5. The van der Waals surface area contributed by atoms with Crippen molar-refractivity contribution in [2.45, 2.75) is 13.8 Å².